The van der Waals surface area contributed by atoms with Gasteiger partial charge in [0.15, 0.2) is 4.77 Å². The zero-order chi connectivity index (χ0) is 23.4. The van der Waals surface area contributed by atoms with Crippen molar-refractivity contribution < 1.29 is 17.9 Å². The Morgan fingerprint density at radius 2 is 1.88 bits per heavy atom. The minimum absolute atomic E-state index is 0.00409. The van der Waals surface area contributed by atoms with Crippen molar-refractivity contribution in [2.75, 3.05) is 57.4 Å². The van der Waals surface area contributed by atoms with Crippen LogP contribution in [0, 0.1) is 4.77 Å². The molecule has 0 saturated carbocycles. The minimum atomic E-state index is -3.56. The molecule has 180 valence electrons. The van der Waals surface area contributed by atoms with Crippen LogP contribution < -0.4 is 4.90 Å². The van der Waals surface area contributed by atoms with Gasteiger partial charge in [-0.1, -0.05) is 6.92 Å². The maximum Gasteiger partial charge on any atom is 0.244 e. The smallest absolute Gasteiger partial charge is 0.244 e. The number of nitrogens with one attached hydrogen (secondary N) is 1. The van der Waals surface area contributed by atoms with Crippen LogP contribution in [0.3, 0.4) is 0 Å². The molecule has 11 nitrogen and oxygen atoms in total. The molecule has 4 heterocycles. The van der Waals surface area contributed by atoms with Gasteiger partial charge in [-0.15, -0.1) is 0 Å². The minimum Gasteiger partial charge on any atom is -0.379 e. The highest BCUT2D eigenvalue weighted by Gasteiger charge is 2.27. The Balaban J connectivity index is 1.35. The van der Waals surface area contributed by atoms with E-state index in [9.17, 15) is 13.2 Å². The summed E-state index contributed by atoms with van der Waals surface area (Å²) in [6.45, 7) is 6.10. The molecule has 4 rings (SSSR count). The standard InChI is InChI=1S/C20H29N7O4S2/c1-2-3-18-22-23-20(32)27(18)15-19(28)25-8-6-24(7-9-25)17-5-4-16(14-21-17)33(29,30)26-10-12-31-13-11-26/h4-5,14H,2-3,6-13,15H2,1H3,(H,23,32). The number of nitrogens with zero attached hydrogens (tertiary/aromatic N) is 6. The SMILES string of the molecule is CCCc1n[nH]c(=S)n1CC(=O)N1CCN(c2ccc(S(=O)(=O)N3CCOCC3)cn2)CC1. The van der Waals surface area contributed by atoms with E-state index in [1.54, 1.807) is 16.7 Å². The van der Waals surface area contributed by atoms with Crippen molar-refractivity contribution in [1.82, 2.24) is 29.0 Å². The monoisotopic (exact) mass is 495 g/mol. The van der Waals surface area contributed by atoms with Crippen LogP contribution >= 0.6 is 12.2 Å². The summed E-state index contributed by atoms with van der Waals surface area (Å²) in [7, 11) is -3.56. The Labute approximate surface area is 198 Å². The normalized spacial score (nSPS) is 18.0. The molecule has 2 aliphatic rings. The summed E-state index contributed by atoms with van der Waals surface area (Å²) in [5.74, 6) is 1.50. The van der Waals surface area contributed by atoms with Gasteiger partial charge in [-0.3, -0.25) is 14.5 Å². The molecule has 2 aromatic heterocycles. The van der Waals surface area contributed by atoms with Gasteiger partial charge < -0.3 is 14.5 Å². The fourth-order valence-corrected chi connectivity index (χ4v) is 5.57. The number of H-pyrrole nitrogens is 1. The van der Waals surface area contributed by atoms with Crippen molar-refractivity contribution in [2.24, 2.45) is 0 Å². The van der Waals surface area contributed by atoms with Crippen molar-refractivity contribution in [1.29, 1.82) is 0 Å². The summed E-state index contributed by atoms with van der Waals surface area (Å²) in [5.41, 5.74) is 0. The van der Waals surface area contributed by atoms with Crippen LogP contribution in [-0.2, 0) is 32.5 Å². The van der Waals surface area contributed by atoms with Gasteiger partial charge in [0.1, 0.15) is 23.1 Å². The second kappa shape index (κ2) is 10.3. The Hall–Kier alpha value is -2.35. The predicted octanol–water partition coefficient (Wildman–Crippen LogP) is 0.658. The lowest BCUT2D eigenvalue weighted by Crippen LogP contribution is -2.50. The molecule has 13 heteroatoms. The van der Waals surface area contributed by atoms with Crippen LogP contribution in [0.4, 0.5) is 5.82 Å². The number of amides is 1. The molecule has 1 N–H and O–H groups in total. The van der Waals surface area contributed by atoms with Crippen molar-refractivity contribution in [3.05, 3.63) is 28.9 Å². The van der Waals surface area contributed by atoms with Gasteiger partial charge in [0.05, 0.1) is 13.2 Å². The molecular weight excluding hydrogens is 466 g/mol. The predicted molar refractivity (Wildman–Crippen MR) is 124 cm³/mol. The number of carbonyl (C=O) groups excluding carboxylic acids is 1. The zero-order valence-corrected chi connectivity index (χ0v) is 20.3. The third-order valence-corrected chi connectivity index (χ3v) is 8.08. The maximum atomic E-state index is 12.8. The molecule has 0 aromatic carbocycles. The number of sulfonamides is 1. The van der Waals surface area contributed by atoms with Gasteiger partial charge in [0.25, 0.3) is 0 Å². The van der Waals surface area contributed by atoms with Crippen LogP contribution in [0.15, 0.2) is 23.2 Å². The van der Waals surface area contributed by atoms with Crippen LogP contribution in [-0.4, -0.2) is 95.8 Å². The molecule has 0 unspecified atom stereocenters. The molecular formula is C20H29N7O4S2. The summed E-state index contributed by atoms with van der Waals surface area (Å²) in [6, 6.07) is 3.33. The Kier molecular flexibility index (Phi) is 7.41. The number of aromatic amines is 1. The molecule has 1 amide bonds. The average molecular weight is 496 g/mol. The molecule has 0 aliphatic carbocycles. The van der Waals surface area contributed by atoms with Crippen LogP contribution in [0.5, 0.6) is 0 Å². The average Bonchev–Trinajstić information content (AvgIpc) is 3.19. The molecule has 2 saturated heterocycles. The molecule has 2 aliphatic heterocycles. The Morgan fingerprint density at radius 1 is 1.15 bits per heavy atom. The lowest BCUT2D eigenvalue weighted by molar-refractivity contribution is -0.132. The molecule has 0 bridgehead atoms. The van der Waals surface area contributed by atoms with E-state index < -0.39 is 10.0 Å². The second-order valence-electron chi connectivity index (χ2n) is 8.02. The molecule has 0 spiro atoms. The number of rotatable bonds is 7. The van der Waals surface area contributed by atoms with Crippen molar-refractivity contribution in [2.45, 2.75) is 31.2 Å². The topological polar surface area (TPSA) is 117 Å². The second-order valence-corrected chi connectivity index (χ2v) is 10.3. The van der Waals surface area contributed by atoms with E-state index >= 15 is 0 Å². The fourth-order valence-electron chi connectivity index (χ4n) is 4.00. The lowest BCUT2D eigenvalue weighted by atomic mass is 10.3. The first-order chi connectivity index (χ1) is 15.9. The number of hydrogen-bond donors (Lipinski definition) is 1. The van der Waals surface area contributed by atoms with Gasteiger partial charge in [0, 0.05) is 51.9 Å². The number of hydrogen-bond acceptors (Lipinski definition) is 8. The van der Waals surface area contributed by atoms with E-state index in [2.05, 4.69) is 27.0 Å². The number of carbonyl (C=O) groups is 1. The van der Waals surface area contributed by atoms with E-state index in [4.69, 9.17) is 17.0 Å². The number of morpholine rings is 1. The molecule has 2 fully saturated rings. The summed E-state index contributed by atoms with van der Waals surface area (Å²) in [4.78, 5) is 21.3. The van der Waals surface area contributed by atoms with Crippen molar-refractivity contribution >= 4 is 34.0 Å². The number of pyridine rings is 1. The van der Waals surface area contributed by atoms with Gasteiger partial charge >= 0.3 is 0 Å². The number of aryl methyl sites for hydroxylation is 1. The molecule has 0 radical (unpaired) electrons. The van der Waals surface area contributed by atoms with Crippen LogP contribution in [0.2, 0.25) is 0 Å². The molecule has 33 heavy (non-hydrogen) atoms. The highest BCUT2D eigenvalue weighted by Crippen LogP contribution is 2.20. The van der Waals surface area contributed by atoms with E-state index in [-0.39, 0.29) is 17.3 Å². The number of ether oxygens (including phenoxy) is 1. The first-order valence-corrected chi connectivity index (χ1v) is 13.0. The van der Waals surface area contributed by atoms with E-state index in [1.165, 1.54) is 10.5 Å². The fraction of sp³-hybridized carbons (Fsp3) is 0.600. The zero-order valence-electron chi connectivity index (χ0n) is 18.6. The van der Waals surface area contributed by atoms with Crippen LogP contribution in [0.25, 0.3) is 0 Å². The Morgan fingerprint density at radius 3 is 2.52 bits per heavy atom. The molecule has 0 atom stereocenters. The Bertz CT molecular complexity index is 1120. The van der Waals surface area contributed by atoms with E-state index in [0.717, 1.165) is 18.7 Å². The highest BCUT2D eigenvalue weighted by atomic mass is 32.2. The maximum absolute atomic E-state index is 12.8. The summed E-state index contributed by atoms with van der Waals surface area (Å²) >= 11 is 5.27. The third kappa shape index (κ3) is 5.26. The largest absolute Gasteiger partial charge is 0.379 e. The number of piperazine rings is 1. The van der Waals surface area contributed by atoms with Crippen LogP contribution in [0.1, 0.15) is 19.2 Å². The summed E-state index contributed by atoms with van der Waals surface area (Å²) in [6.07, 6.45) is 3.09. The summed E-state index contributed by atoms with van der Waals surface area (Å²) in [5, 5.41) is 6.99. The van der Waals surface area contributed by atoms with Gasteiger partial charge in [-0.2, -0.15) is 9.40 Å². The van der Waals surface area contributed by atoms with E-state index in [1.807, 2.05) is 4.90 Å². The third-order valence-electron chi connectivity index (χ3n) is 5.89. The van der Waals surface area contributed by atoms with Gasteiger partial charge in [-0.05, 0) is 30.8 Å². The first kappa shape index (κ1) is 23.8. The number of anilines is 1. The quantitative estimate of drug-likeness (QED) is 0.557. The number of aromatic nitrogens is 4. The van der Waals surface area contributed by atoms with E-state index in [0.29, 0.717) is 63.1 Å². The lowest BCUT2D eigenvalue weighted by Gasteiger charge is -2.35. The highest BCUT2D eigenvalue weighted by molar-refractivity contribution is 7.89. The van der Waals surface area contributed by atoms with Gasteiger partial charge in [-0.25, -0.2) is 13.4 Å². The molecule has 2 aromatic rings. The first-order valence-electron chi connectivity index (χ1n) is 11.1. The van der Waals surface area contributed by atoms with Gasteiger partial charge in [0.2, 0.25) is 15.9 Å². The summed E-state index contributed by atoms with van der Waals surface area (Å²) < 4.78 is 34.4. The van der Waals surface area contributed by atoms with Crippen molar-refractivity contribution in [3.63, 3.8) is 0 Å². The van der Waals surface area contributed by atoms with Crippen molar-refractivity contribution in [3.8, 4) is 0 Å².